The van der Waals surface area contributed by atoms with E-state index in [9.17, 15) is 9.90 Å². The largest absolute Gasteiger partial charge is 0.486 e. The minimum absolute atomic E-state index is 0.0863. The van der Waals surface area contributed by atoms with Gasteiger partial charge in [0.15, 0.2) is 0 Å². The summed E-state index contributed by atoms with van der Waals surface area (Å²) in [4.78, 5) is 12.4. The van der Waals surface area contributed by atoms with E-state index in [-0.39, 0.29) is 18.7 Å². The number of carbonyl (C=O) groups is 1. The van der Waals surface area contributed by atoms with Gasteiger partial charge in [-0.25, -0.2) is 4.79 Å². The van der Waals surface area contributed by atoms with E-state index in [1.807, 2.05) is 25.1 Å². The maximum Gasteiger partial charge on any atom is 0.338 e. The summed E-state index contributed by atoms with van der Waals surface area (Å²) in [6.07, 6.45) is 14.5. The van der Waals surface area contributed by atoms with Crippen LogP contribution in [-0.4, -0.2) is 23.8 Å². The van der Waals surface area contributed by atoms with Crippen LogP contribution in [0.3, 0.4) is 0 Å². The van der Waals surface area contributed by atoms with Gasteiger partial charge >= 0.3 is 5.97 Å². The van der Waals surface area contributed by atoms with Crippen molar-refractivity contribution >= 4 is 5.97 Å². The summed E-state index contributed by atoms with van der Waals surface area (Å²) < 4.78 is 11.6. The summed E-state index contributed by atoms with van der Waals surface area (Å²) in [6, 6.07) is 23.0. The molecule has 2 saturated carbocycles. The van der Waals surface area contributed by atoms with Crippen LogP contribution in [0.1, 0.15) is 103 Å². The van der Waals surface area contributed by atoms with Crippen LogP contribution in [0.2, 0.25) is 0 Å². The van der Waals surface area contributed by atoms with E-state index in [0.717, 1.165) is 34.6 Å². The van der Waals surface area contributed by atoms with Gasteiger partial charge in [-0.1, -0.05) is 94.7 Å². The van der Waals surface area contributed by atoms with Gasteiger partial charge in [0.1, 0.15) is 17.6 Å². The van der Waals surface area contributed by atoms with Gasteiger partial charge in [0.2, 0.25) is 0 Å². The maximum absolute atomic E-state index is 12.4. The van der Waals surface area contributed by atoms with Crippen LogP contribution in [0, 0.1) is 17.8 Å². The van der Waals surface area contributed by atoms with Gasteiger partial charge in [0.25, 0.3) is 0 Å². The topological polar surface area (TPSA) is 55.8 Å². The molecule has 0 heterocycles. The fourth-order valence-corrected chi connectivity index (χ4v) is 7.73. The average molecular weight is 635 g/mol. The molecule has 250 valence electrons. The number of hydrogen-bond acceptors (Lipinski definition) is 4. The number of hydrogen-bond donors (Lipinski definition) is 1. The fraction of sp³-hybridized carbons (Fsp3) is 0.465. The number of esters is 1. The number of aliphatic hydroxyl groups is 1. The first-order chi connectivity index (χ1) is 22.7. The molecule has 0 amide bonds. The van der Waals surface area contributed by atoms with Gasteiger partial charge in [0, 0.05) is 5.57 Å². The van der Waals surface area contributed by atoms with E-state index < -0.39 is 0 Å². The smallest absolute Gasteiger partial charge is 0.338 e. The Bertz CT molecular complexity index is 1490. The number of unbranched alkanes of at least 4 members (excludes halogenated alkanes) is 1. The second kappa shape index (κ2) is 16.5. The Hall–Kier alpha value is -3.63. The quantitative estimate of drug-likeness (QED) is 0.0880. The Labute approximate surface area is 282 Å². The summed E-state index contributed by atoms with van der Waals surface area (Å²) in [7, 11) is 0. The molecule has 0 saturated heterocycles. The van der Waals surface area contributed by atoms with Crippen LogP contribution in [0.4, 0.5) is 0 Å². The zero-order chi connectivity index (χ0) is 33.3. The van der Waals surface area contributed by atoms with Crippen molar-refractivity contribution in [1.29, 1.82) is 0 Å². The van der Waals surface area contributed by atoms with Crippen molar-refractivity contribution in [2.45, 2.75) is 103 Å². The molecule has 1 N–H and O–H groups in total. The van der Waals surface area contributed by atoms with E-state index in [2.05, 4.69) is 68.6 Å². The average Bonchev–Trinajstić information content (AvgIpc) is 3.11. The van der Waals surface area contributed by atoms with Gasteiger partial charge in [-0.3, -0.25) is 0 Å². The molecule has 4 nitrogen and oxygen atoms in total. The highest BCUT2D eigenvalue weighted by molar-refractivity contribution is 5.89. The third kappa shape index (κ3) is 9.05. The second-order valence-electron chi connectivity index (χ2n) is 14.1. The molecule has 0 spiro atoms. The van der Waals surface area contributed by atoms with Gasteiger partial charge in [-0.2, -0.15) is 0 Å². The van der Waals surface area contributed by atoms with Crippen molar-refractivity contribution in [1.82, 2.24) is 0 Å². The molecule has 4 heteroatoms. The van der Waals surface area contributed by atoms with Crippen molar-refractivity contribution in [2.24, 2.45) is 17.8 Å². The van der Waals surface area contributed by atoms with Crippen LogP contribution < -0.4 is 9.47 Å². The maximum atomic E-state index is 12.4. The number of aliphatic hydroxyl groups excluding tert-OH is 1. The van der Waals surface area contributed by atoms with Crippen molar-refractivity contribution < 1.29 is 19.4 Å². The zero-order valence-electron chi connectivity index (χ0n) is 28.8. The number of rotatable bonds is 13. The highest BCUT2D eigenvalue weighted by Crippen LogP contribution is 2.47. The third-order valence-electron chi connectivity index (χ3n) is 10.8. The normalized spacial score (nSPS) is 21.9. The zero-order valence-corrected chi connectivity index (χ0v) is 28.8. The highest BCUT2D eigenvalue weighted by Gasteiger charge is 2.32. The molecular formula is C43H54O4. The van der Waals surface area contributed by atoms with E-state index in [1.54, 1.807) is 6.92 Å². The summed E-state index contributed by atoms with van der Waals surface area (Å²) in [6.45, 7) is 13.4. The van der Waals surface area contributed by atoms with Gasteiger partial charge in [-0.05, 0) is 134 Å². The molecule has 0 aliphatic heterocycles. The Morgan fingerprint density at radius 1 is 0.809 bits per heavy atom. The molecule has 3 aromatic rings. The fourth-order valence-electron chi connectivity index (χ4n) is 7.73. The lowest BCUT2D eigenvalue weighted by Crippen LogP contribution is -2.25. The first kappa shape index (κ1) is 34.7. The second-order valence-corrected chi connectivity index (χ2v) is 14.1. The number of carbonyl (C=O) groups excluding carboxylic acids is 1. The summed E-state index contributed by atoms with van der Waals surface area (Å²) >= 11 is 0. The minimum atomic E-state index is -0.379. The lowest BCUT2D eigenvalue weighted by Gasteiger charge is -2.38. The van der Waals surface area contributed by atoms with Crippen LogP contribution in [0.15, 0.2) is 91.0 Å². The van der Waals surface area contributed by atoms with Crippen LogP contribution in [0.5, 0.6) is 11.5 Å². The number of benzene rings is 3. The van der Waals surface area contributed by atoms with Gasteiger partial charge < -0.3 is 14.6 Å². The molecule has 0 aromatic heterocycles. The molecule has 0 bridgehead atoms. The first-order valence-corrected chi connectivity index (χ1v) is 17.9. The minimum Gasteiger partial charge on any atom is -0.486 e. The predicted molar refractivity (Wildman–Crippen MR) is 194 cm³/mol. The third-order valence-corrected chi connectivity index (χ3v) is 10.8. The van der Waals surface area contributed by atoms with Crippen molar-refractivity contribution in [3.05, 3.63) is 96.6 Å². The molecule has 0 unspecified atom stereocenters. The van der Waals surface area contributed by atoms with Gasteiger partial charge in [-0.15, -0.1) is 0 Å². The highest BCUT2D eigenvalue weighted by atomic mass is 16.5. The van der Waals surface area contributed by atoms with Crippen LogP contribution in [0.25, 0.3) is 22.3 Å². The van der Waals surface area contributed by atoms with E-state index in [4.69, 9.17) is 9.47 Å². The molecule has 2 fully saturated rings. The molecule has 2 aliphatic carbocycles. The monoisotopic (exact) mass is 634 g/mol. The summed E-state index contributed by atoms with van der Waals surface area (Å²) in [5.74, 6) is 4.12. The molecular weight excluding hydrogens is 580 g/mol. The Balaban J connectivity index is 1.30. The van der Waals surface area contributed by atoms with Crippen molar-refractivity contribution in [3.63, 3.8) is 0 Å². The molecule has 47 heavy (non-hydrogen) atoms. The van der Waals surface area contributed by atoms with Crippen LogP contribution in [-0.2, 0) is 4.79 Å². The Morgan fingerprint density at radius 2 is 1.36 bits per heavy atom. The lowest BCUT2D eigenvalue weighted by atomic mass is 9.67. The Morgan fingerprint density at radius 3 is 1.94 bits per heavy atom. The molecule has 3 aromatic carbocycles. The number of ether oxygens (including phenoxy) is 2. The summed E-state index contributed by atoms with van der Waals surface area (Å²) in [5.41, 5.74) is 6.97. The molecule has 1 atom stereocenters. The van der Waals surface area contributed by atoms with E-state index in [1.165, 1.54) is 87.3 Å². The standard InChI is InChI=1S/C43H54O4/c1-6-7-8-32-9-11-33(12-10-32)34-15-19-38(20-16-34)42-27-40(47-43(45)29(2)3)25-26-41(42)37-17-13-35(14-18-37)36-21-23-39(24-22-36)46-31(5)30(4)28-44/h13-14,17-18,21-27,31-34,38,44H,2,4,6-12,15-16,19-20,28H2,1,3,5H3/t31-,32?,33?,34?,38?/m0/s1. The molecule has 2 aliphatic rings. The van der Waals surface area contributed by atoms with E-state index in [0.29, 0.717) is 22.8 Å². The lowest BCUT2D eigenvalue weighted by molar-refractivity contribution is -0.130. The molecule has 0 radical (unpaired) electrons. The summed E-state index contributed by atoms with van der Waals surface area (Å²) in [5, 5.41) is 9.32. The Kier molecular flexibility index (Phi) is 12.2. The van der Waals surface area contributed by atoms with Crippen molar-refractivity contribution in [3.8, 4) is 33.8 Å². The van der Waals surface area contributed by atoms with Crippen LogP contribution >= 0.6 is 0 Å². The SMILES string of the molecule is C=C(C)C(=O)Oc1ccc(-c2ccc(-c3ccc(O[C@@H](C)C(=C)CO)cc3)cc2)c(C2CCC(C3CCC(CCCC)CC3)CC2)c1. The predicted octanol–water partition coefficient (Wildman–Crippen LogP) is 11.1. The van der Waals surface area contributed by atoms with Gasteiger partial charge in [0.05, 0.1) is 6.61 Å². The first-order valence-electron chi connectivity index (χ1n) is 17.9. The van der Waals surface area contributed by atoms with Crippen molar-refractivity contribution in [2.75, 3.05) is 6.61 Å². The van der Waals surface area contributed by atoms with E-state index >= 15 is 0 Å². The molecule has 5 rings (SSSR count).